The molecule has 0 radical (unpaired) electrons. The van der Waals surface area contributed by atoms with Gasteiger partial charge in [-0.2, -0.15) is 0 Å². The van der Waals surface area contributed by atoms with Gasteiger partial charge in [0.25, 0.3) is 0 Å². The number of ketones is 1. The smallest absolute Gasteiger partial charge is 0.181 e. The fourth-order valence-corrected chi connectivity index (χ4v) is 2.49. The molecule has 0 saturated heterocycles. The van der Waals surface area contributed by atoms with Crippen LogP contribution in [0.3, 0.4) is 0 Å². The number of aromatic nitrogens is 1. The summed E-state index contributed by atoms with van der Waals surface area (Å²) in [5.41, 5.74) is 2.68. The minimum absolute atomic E-state index is 0.0495. The van der Waals surface area contributed by atoms with Gasteiger partial charge >= 0.3 is 0 Å². The number of aryl methyl sites for hydroxylation is 1. The lowest BCUT2D eigenvalue weighted by Crippen LogP contribution is -2.05. The zero-order valence-corrected chi connectivity index (χ0v) is 13.4. The highest BCUT2D eigenvalue weighted by atomic mass is 16.5. The van der Waals surface area contributed by atoms with Crippen molar-refractivity contribution in [3.63, 3.8) is 0 Å². The van der Waals surface area contributed by atoms with Crippen LogP contribution >= 0.6 is 0 Å². The van der Waals surface area contributed by atoms with Crippen LogP contribution in [0, 0.1) is 0 Å². The molecule has 0 amide bonds. The normalized spacial score (nSPS) is 10.3. The average molecular weight is 317 g/mol. The SMILES string of the molecule is O=C(CCc1ccccc1OCc1ccccc1)c1ccccn1. The quantitative estimate of drug-likeness (QED) is 0.603. The molecule has 0 N–H and O–H groups in total. The summed E-state index contributed by atoms with van der Waals surface area (Å²) in [5.74, 6) is 0.878. The van der Waals surface area contributed by atoms with Gasteiger partial charge in [0.15, 0.2) is 5.78 Å². The number of ether oxygens (including phenoxy) is 1. The Bertz CT molecular complexity index is 785. The summed E-state index contributed by atoms with van der Waals surface area (Å²) >= 11 is 0. The maximum absolute atomic E-state index is 12.2. The first-order valence-corrected chi connectivity index (χ1v) is 8.02. The lowest BCUT2D eigenvalue weighted by atomic mass is 10.0. The zero-order valence-electron chi connectivity index (χ0n) is 13.4. The first-order chi connectivity index (χ1) is 11.8. The van der Waals surface area contributed by atoms with Crippen LogP contribution in [0.15, 0.2) is 79.0 Å². The van der Waals surface area contributed by atoms with Crippen LogP contribution < -0.4 is 4.74 Å². The molecule has 0 unspecified atom stereocenters. The monoisotopic (exact) mass is 317 g/mol. The molecule has 0 aliphatic carbocycles. The molecule has 3 rings (SSSR count). The molecular formula is C21H19NO2. The highest BCUT2D eigenvalue weighted by Gasteiger charge is 2.09. The Kier molecular flexibility index (Phi) is 5.36. The van der Waals surface area contributed by atoms with Crippen molar-refractivity contribution in [3.8, 4) is 5.75 Å². The molecule has 0 aliphatic heterocycles. The largest absolute Gasteiger partial charge is 0.489 e. The number of hydrogen-bond acceptors (Lipinski definition) is 3. The summed E-state index contributed by atoms with van der Waals surface area (Å²) in [7, 11) is 0. The second kappa shape index (κ2) is 8.06. The fraction of sp³-hybridized carbons (Fsp3) is 0.143. The molecule has 0 saturated carbocycles. The Balaban J connectivity index is 1.63. The summed E-state index contributed by atoms with van der Waals surface area (Å²) in [4.78, 5) is 16.3. The van der Waals surface area contributed by atoms with Crippen LogP contribution in [0.5, 0.6) is 5.75 Å². The topological polar surface area (TPSA) is 39.2 Å². The number of carbonyl (C=O) groups is 1. The van der Waals surface area contributed by atoms with E-state index in [0.29, 0.717) is 25.1 Å². The predicted octanol–water partition coefficient (Wildman–Crippen LogP) is 4.48. The third kappa shape index (κ3) is 4.29. The van der Waals surface area contributed by atoms with Crippen LogP contribution in [-0.4, -0.2) is 10.8 Å². The van der Waals surface area contributed by atoms with Gasteiger partial charge in [0.2, 0.25) is 0 Å². The van der Waals surface area contributed by atoms with Crippen LogP contribution in [0.1, 0.15) is 28.0 Å². The zero-order chi connectivity index (χ0) is 16.6. The van der Waals surface area contributed by atoms with Gasteiger partial charge in [0.1, 0.15) is 18.1 Å². The Hall–Kier alpha value is -2.94. The minimum Gasteiger partial charge on any atom is -0.489 e. The lowest BCUT2D eigenvalue weighted by Gasteiger charge is -2.11. The molecule has 3 nitrogen and oxygen atoms in total. The highest BCUT2D eigenvalue weighted by Crippen LogP contribution is 2.21. The van der Waals surface area contributed by atoms with E-state index in [1.807, 2.05) is 66.7 Å². The molecular weight excluding hydrogens is 298 g/mol. The number of carbonyl (C=O) groups excluding carboxylic acids is 1. The number of rotatable bonds is 7. The second-order valence-corrected chi connectivity index (χ2v) is 5.52. The average Bonchev–Trinajstić information content (AvgIpc) is 2.66. The number of nitrogens with zero attached hydrogens (tertiary/aromatic N) is 1. The molecule has 3 aromatic rings. The van der Waals surface area contributed by atoms with Gasteiger partial charge in [-0.15, -0.1) is 0 Å². The molecule has 120 valence electrons. The Morgan fingerprint density at radius 1 is 0.875 bits per heavy atom. The van der Waals surface area contributed by atoms with Crippen LogP contribution in [-0.2, 0) is 13.0 Å². The molecule has 2 aromatic carbocycles. The van der Waals surface area contributed by atoms with Gasteiger partial charge in [0, 0.05) is 12.6 Å². The van der Waals surface area contributed by atoms with Crippen molar-refractivity contribution in [3.05, 3.63) is 95.8 Å². The van der Waals surface area contributed by atoms with Crippen molar-refractivity contribution in [2.24, 2.45) is 0 Å². The molecule has 0 spiro atoms. The summed E-state index contributed by atoms with van der Waals surface area (Å²) in [6.45, 7) is 0.520. The summed E-state index contributed by atoms with van der Waals surface area (Å²) < 4.78 is 5.93. The van der Waals surface area contributed by atoms with Crippen molar-refractivity contribution < 1.29 is 9.53 Å². The van der Waals surface area contributed by atoms with Gasteiger partial charge in [-0.25, -0.2) is 0 Å². The van der Waals surface area contributed by atoms with Gasteiger partial charge in [-0.05, 0) is 35.7 Å². The first kappa shape index (κ1) is 15.9. The summed E-state index contributed by atoms with van der Waals surface area (Å²) in [6.07, 6.45) is 2.70. The maximum atomic E-state index is 12.2. The Morgan fingerprint density at radius 2 is 1.62 bits per heavy atom. The first-order valence-electron chi connectivity index (χ1n) is 8.02. The van der Waals surface area contributed by atoms with E-state index in [9.17, 15) is 4.79 Å². The van der Waals surface area contributed by atoms with Crippen molar-refractivity contribution in [2.75, 3.05) is 0 Å². The molecule has 24 heavy (non-hydrogen) atoms. The standard InChI is InChI=1S/C21H19NO2/c23-20(19-11-6-7-15-22-19)14-13-18-10-4-5-12-21(18)24-16-17-8-2-1-3-9-17/h1-12,15H,13-14,16H2. The number of para-hydroxylation sites is 1. The number of Topliss-reactive ketones (excluding diaryl/α,β-unsaturated/α-hetero) is 1. The van der Waals surface area contributed by atoms with Crippen LogP contribution in [0.2, 0.25) is 0 Å². The van der Waals surface area contributed by atoms with E-state index in [1.165, 1.54) is 0 Å². The van der Waals surface area contributed by atoms with E-state index >= 15 is 0 Å². The maximum Gasteiger partial charge on any atom is 0.181 e. The molecule has 0 fully saturated rings. The van der Waals surface area contributed by atoms with Crippen molar-refractivity contribution in [2.45, 2.75) is 19.4 Å². The number of hydrogen-bond donors (Lipinski definition) is 0. The molecule has 0 aliphatic rings. The molecule has 1 heterocycles. The summed E-state index contributed by atoms with van der Waals surface area (Å²) in [6, 6.07) is 23.3. The van der Waals surface area contributed by atoms with Crippen LogP contribution in [0.4, 0.5) is 0 Å². The van der Waals surface area contributed by atoms with E-state index in [0.717, 1.165) is 16.9 Å². The predicted molar refractivity (Wildman–Crippen MR) is 94.1 cm³/mol. The van der Waals surface area contributed by atoms with Crippen LogP contribution in [0.25, 0.3) is 0 Å². The third-order valence-electron chi connectivity index (χ3n) is 3.78. The minimum atomic E-state index is 0.0495. The van der Waals surface area contributed by atoms with E-state index in [1.54, 1.807) is 12.3 Å². The second-order valence-electron chi connectivity index (χ2n) is 5.52. The molecule has 0 atom stereocenters. The summed E-state index contributed by atoms with van der Waals surface area (Å²) in [5, 5.41) is 0. The highest BCUT2D eigenvalue weighted by molar-refractivity contribution is 5.94. The van der Waals surface area contributed by atoms with E-state index in [2.05, 4.69) is 4.98 Å². The van der Waals surface area contributed by atoms with Gasteiger partial charge in [-0.1, -0.05) is 54.6 Å². The van der Waals surface area contributed by atoms with E-state index in [-0.39, 0.29) is 5.78 Å². The van der Waals surface area contributed by atoms with Crippen molar-refractivity contribution in [1.82, 2.24) is 4.98 Å². The lowest BCUT2D eigenvalue weighted by molar-refractivity contribution is 0.0978. The van der Waals surface area contributed by atoms with E-state index < -0.39 is 0 Å². The molecule has 0 bridgehead atoms. The van der Waals surface area contributed by atoms with Gasteiger partial charge in [0.05, 0.1) is 0 Å². The molecule has 1 aromatic heterocycles. The van der Waals surface area contributed by atoms with Crippen molar-refractivity contribution in [1.29, 1.82) is 0 Å². The number of pyridine rings is 1. The van der Waals surface area contributed by atoms with E-state index in [4.69, 9.17) is 4.74 Å². The van der Waals surface area contributed by atoms with Gasteiger partial charge < -0.3 is 4.74 Å². The Morgan fingerprint density at radius 3 is 2.42 bits per heavy atom. The fourth-order valence-electron chi connectivity index (χ4n) is 2.49. The number of benzene rings is 2. The molecule has 3 heteroatoms. The van der Waals surface area contributed by atoms with Gasteiger partial charge in [-0.3, -0.25) is 9.78 Å². The van der Waals surface area contributed by atoms with Crippen molar-refractivity contribution >= 4 is 5.78 Å². The third-order valence-corrected chi connectivity index (χ3v) is 3.78. The Labute approximate surface area is 142 Å².